The van der Waals surface area contributed by atoms with Crippen molar-refractivity contribution in [1.29, 1.82) is 0 Å². The molecule has 0 spiro atoms. The zero-order valence-corrected chi connectivity index (χ0v) is 16.8. The molecule has 5 nitrogen and oxygen atoms in total. The van der Waals surface area contributed by atoms with Gasteiger partial charge in [-0.3, -0.25) is 9.59 Å². The lowest BCUT2D eigenvalue weighted by Gasteiger charge is -2.12. The molecule has 0 aromatic heterocycles. The highest BCUT2D eigenvalue weighted by Gasteiger charge is 2.14. The van der Waals surface area contributed by atoms with Gasteiger partial charge in [-0.25, -0.2) is 0 Å². The number of anilines is 1. The Hall–Kier alpha value is -3.12. The quantitative estimate of drug-likeness (QED) is 0.588. The SMILES string of the molecule is COc1ccc(CNC(=O)c2ccccc2NC(=O)c2ccc(Br)cc2)cc1. The molecule has 142 valence electrons. The molecule has 0 aliphatic carbocycles. The minimum absolute atomic E-state index is 0.262. The number of methoxy groups -OCH3 is 1. The monoisotopic (exact) mass is 438 g/mol. The summed E-state index contributed by atoms with van der Waals surface area (Å²) in [4.78, 5) is 25.1. The standard InChI is InChI=1S/C22H19BrN2O3/c1-28-18-12-6-15(7-13-18)14-24-22(27)19-4-2-3-5-20(19)25-21(26)16-8-10-17(23)11-9-16/h2-13H,14H2,1H3,(H,24,27)(H,25,26). The summed E-state index contributed by atoms with van der Waals surface area (Å²) in [6, 6.07) is 21.4. The number of carbonyl (C=O) groups is 2. The number of carbonyl (C=O) groups excluding carboxylic acids is 2. The fourth-order valence-electron chi connectivity index (χ4n) is 2.61. The molecule has 0 fully saturated rings. The Morgan fingerprint density at radius 3 is 2.25 bits per heavy atom. The molecule has 0 bridgehead atoms. The third-order valence-electron chi connectivity index (χ3n) is 4.14. The highest BCUT2D eigenvalue weighted by Crippen LogP contribution is 2.18. The van der Waals surface area contributed by atoms with Crippen LogP contribution in [0.4, 0.5) is 5.69 Å². The van der Waals surface area contributed by atoms with Crippen LogP contribution in [0.1, 0.15) is 26.3 Å². The molecule has 3 aromatic carbocycles. The molecule has 2 amide bonds. The third kappa shape index (κ3) is 4.98. The van der Waals surface area contributed by atoms with Crippen LogP contribution in [0.3, 0.4) is 0 Å². The molecule has 0 radical (unpaired) electrons. The molecular formula is C22H19BrN2O3. The Balaban J connectivity index is 1.69. The van der Waals surface area contributed by atoms with E-state index in [1.54, 1.807) is 55.6 Å². The van der Waals surface area contributed by atoms with Crippen molar-refractivity contribution in [3.05, 3.63) is 94.0 Å². The lowest BCUT2D eigenvalue weighted by atomic mass is 10.1. The first-order valence-electron chi connectivity index (χ1n) is 8.64. The second-order valence-electron chi connectivity index (χ2n) is 6.04. The molecule has 6 heteroatoms. The van der Waals surface area contributed by atoms with Crippen molar-refractivity contribution in [2.45, 2.75) is 6.54 Å². The van der Waals surface area contributed by atoms with Gasteiger partial charge in [-0.15, -0.1) is 0 Å². The molecule has 2 N–H and O–H groups in total. The highest BCUT2D eigenvalue weighted by molar-refractivity contribution is 9.10. The number of rotatable bonds is 6. The Morgan fingerprint density at radius 2 is 1.57 bits per heavy atom. The molecule has 0 aliphatic heterocycles. The van der Waals surface area contributed by atoms with E-state index in [-0.39, 0.29) is 11.8 Å². The largest absolute Gasteiger partial charge is 0.497 e. The first-order chi connectivity index (χ1) is 13.6. The number of hydrogen-bond donors (Lipinski definition) is 2. The van der Waals surface area contributed by atoms with Crippen LogP contribution >= 0.6 is 15.9 Å². The first kappa shape index (κ1) is 19.6. The molecule has 3 rings (SSSR count). The topological polar surface area (TPSA) is 67.4 Å². The fraction of sp³-hybridized carbons (Fsp3) is 0.0909. The molecule has 0 atom stereocenters. The molecular weight excluding hydrogens is 420 g/mol. The second-order valence-corrected chi connectivity index (χ2v) is 6.95. The van der Waals surface area contributed by atoms with Crippen LogP contribution in [-0.4, -0.2) is 18.9 Å². The van der Waals surface area contributed by atoms with Crippen LogP contribution in [0.2, 0.25) is 0 Å². The van der Waals surface area contributed by atoms with Crippen LogP contribution < -0.4 is 15.4 Å². The molecule has 0 aliphatic rings. The maximum Gasteiger partial charge on any atom is 0.255 e. The van der Waals surface area contributed by atoms with Gasteiger partial charge < -0.3 is 15.4 Å². The average molecular weight is 439 g/mol. The maximum absolute atomic E-state index is 12.6. The van der Waals surface area contributed by atoms with Crippen LogP contribution in [0.5, 0.6) is 5.75 Å². The van der Waals surface area contributed by atoms with E-state index in [4.69, 9.17) is 4.74 Å². The van der Waals surface area contributed by atoms with Crippen molar-refractivity contribution in [2.24, 2.45) is 0 Å². The van der Waals surface area contributed by atoms with Gasteiger partial charge in [0.1, 0.15) is 5.75 Å². The second kappa shape index (κ2) is 9.19. The number of para-hydroxylation sites is 1. The van der Waals surface area contributed by atoms with Gasteiger partial charge in [-0.2, -0.15) is 0 Å². The summed E-state index contributed by atoms with van der Waals surface area (Å²) in [5.41, 5.74) is 2.33. The average Bonchev–Trinajstić information content (AvgIpc) is 2.73. The Labute approximate surface area is 171 Å². The van der Waals surface area contributed by atoms with E-state index >= 15 is 0 Å². The summed E-state index contributed by atoms with van der Waals surface area (Å²) >= 11 is 3.34. The Morgan fingerprint density at radius 1 is 0.893 bits per heavy atom. The van der Waals surface area contributed by atoms with E-state index in [1.165, 1.54) is 0 Å². The van der Waals surface area contributed by atoms with Crippen molar-refractivity contribution < 1.29 is 14.3 Å². The number of nitrogens with one attached hydrogen (secondary N) is 2. The summed E-state index contributed by atoms with van der Waals surface area (Å²) in [5, 5.41) is 5.69. The van der Waals surface area contributed by atoms with Crippen molar-refractivity contribution in [1.82, 2.24) is 5.32 Å². The van der Waals surface area contributed by atoms with E-state index < -0.39 is 0 Å². The summed E-state index contributed by atoms with van der Waals surface area (Å²) in [6.07, 6.45) is 0. The zero-order valence-electron chi connectivity index (χ0n) is 15.2. The Kier molecular flexibility index (Phi) is 6.45. The molecule has 3 aromatic rings. The molecule has 0 unspecified atom stereocenters. The van der Waals surface area contributed by atoms with Gasteiger partial charge in [-0.05, 0) is 54.1 Å². The van der Waals surface area contributed by atoms with Gasteiger partial charge in [-0.1, -0.05) is 40.2 Å². The normalized spacial score (nSPS) is 10.2. The van der Waals surface area contributed by atoms with Gasteiger partial charge in [0.25, 0.3) is 11.8 Å². The van der Waals surface area contributed by atoms with E-state index in [0.717, 1.165) is 15.8 Å². The summed E-state index contributed by atoms with van der Waals surface area (Å²) < 4.78 is 6.02. The van der Waals surface area contributed by atoms with Gasteiger partial charge in [0.15, 0.2) is 0 Å². The number of hydrogen-bond acceptors (Lipinski definition) is 3. The first-order valence-corrected chi connectivity index (χ1v) is 9.43. The molecule has 0 saturated carbocycles. The predicted octanol–water partition coefficient (Wildman–Crippen LogP) is 4.64. The van der Waals surface area contributed by atoms with Crippen molar-refractivity contribution in [2.75, 3.05) is 12.4 Å². The molecule has 28 heavy (non-hydrogen) atoms. The van der Waals surface area contributed by atoms with E-state index in [0.29, 0.717) is 23.4 Å². The van der Waals surface area contributed by atoms with Gasteiger partial charge in [0.2, 0.25) is 0 Å². The van der Waals surface area contributed by atoms with Crippen molar-refractivity contribution >= 4 is 33.4 Å². The van der Waals surface area contributed by atoms with E-state index in [9.17, 15) is 9.59 Å². The van der Waals surface area contributed by atoms with Gasteiger partial charge in [0, 0.05) is 16.6 Å². The van der Waals surface area contributed by atoms with E-state index in [2.05, 4.69) is 26.6 Å². The summed E-state index contributed by atoms with van der Waals surface area (Å²) in [7, 11) is 1.61. The minimum atomic E-state index is -0.275. The van der Waals surface area contributed by atoms with Crippen molar-refractivity contribution in [3.8, 4) is 5.75 Å². The lowest BCUT2D eigenvalue weighted by Crippen LogP contribution is -2.24. The zero-order chi connectivity index (χ0) is 19.9. The van der Waals surface area contributed by atoms with Gasteiger partial charge >= 0.3 is 0 Å². The van der Waals surface area contributed by atoms with Crippen LogP contribution in [-0.2, 0) is 6.54 Å². The van der Waals surface area contributed by atoms with Crippen LogP contribution in [0.15, 0.2) is 77.3 Å². The highest BCUT2D eigenvalue weighted by atomic mass is 79.9. The van der Waals surface area contributed by atoms with Gasteiger partial charge in [0.05, 0.1) is 18.4 Å². The summed E-state index contributed by atoms with van der Waals surface area (Å²) in [5.74, 6) is 0.224. The number of halogens is 1. The third-order valence-corrected chi connectivity index (χ3v) is 4.67. The summed E-state index contributed by atoms with van der Waals surface area (Å²) in [6.45, 7) is 0.373. The van der Waals surface area contributed by atoms with Crippen LogP contribution in [0, 0.1) is 0 Å². The van der Waals surface area contributed by atoms with E-state index in [1.807, 2.05) is 24.3 Å². The Bertz CT molecular complexity index is 970. The maximum atomic E-state index is 12.6. The predicted molar refractivity (Wildman–Crippen MR) is 113 cm³/mol. The number of ether oxygens (including phenoxy) is 1. The number of amides is 2. The lowest BCUT2D eigenvalue weighted by molar-refractivity contribution is 0.0952. The smallest absolute Gasteiger partial charge is 0.255 e. The minimum Gasteiger partial charge on any atom is -0.497 e. The van der Waals surface area contributed by atoms with Crippen LogP contribution in [0.25, 0.3) is 0 Å². The fourth-order valence-corrected chi connectivity index (χ4v) is 2.87. The molecule has 0 saturated heterocycles. The molecule has 0 heterocycles. The number of benzene rings is 3. The van der Waals surface area contributed by atoms with Crippen molar-refractivity contribution in [3.63, 3.8) is 0 Å².